The molecule has 0 unspecified atom stereocenters. The number of hydrogen-bond donors (Lipinski definition) is 3. The van der Waals surface area contributed by atoms with E-state index in [9.17, 15) is 9.90 Å². The number of carbonyl (C=O) groups excluding carboxylic acids is 1. The van der Waals surface area contributed by atoms with Crippen LogP contribution in [-0.2, 0) is 7.05 Å². The Morgan fingerprint density at radius 1 is 1.28 bits per heavy atom. The maximum atomic E-state index is 12.5. The van der Waals surface area contributed by atoms with Crippen LogP contribution in [0.2, 0.25) is 0 Å². The lowest BCUT2D eigenvalue weighted by Crippen LogP contribution is -2.12. The van der Waals surface area contributed by atoms with Crippen LogP contribution in [0.1, 0.15) is 26.5 Å². The second-order valence-corrected chi connectivity index (χ2v) is 6.84. The van der Waals surface area contributed by atoms with E-state index in [1.807, 2.05) is 27.0 Å². The highest BCUT2D eigenvalue weighted by atomic mass is 32.1. The summed E-state index contributed by atoms with van der Waals surface area (Å²) in [6, 6.07) is 5.28. The predicted octanol–water partition coefficient (Wildman–Crippen LogP) is 3.50. The van der Waals surface area contributed by atoms with Crippen LogP contribution in [0.25, 0.3) is 0 Å². The molecular weight excluding hydrogens is 338 g/mol. The summed E-state index contributed by atoms with van der Waals surface area (Å²) in [7, 11) is 1.86. The number of rotatable bonds is 4. The molecule has 2 aromatic heterocycles. The summed E-state index contributed by atoms with van der Waals surface area (Å²) in [6.45, 7) is 5.60. The zero-order valence-corrected chi connectivity index (χ0v) is 15.2. The van der Waals surface area contributed by atoms with Gasteiger partial charge in [0.25, 0.3) is 5.91 Å². The number of phenols is 1. The average molecular weight is 357 g/mol. The van der Waals surface area contributed by atoms with Gasteiger partial charge in [-0.15, -0.1) is 0 Å². The number of carbonyl (C=O) groups is 1. The number of hydrogen-bond acceptors (Lipinski definition) is 6. The van der Waals surface area contributed by atoms with E-state index < -0.39 is 0 Å². The van der Waals surface area contributed by atoms with Gasteiger partial charge in [-0.2, -0.15) is 5.10 Å². The largest absolute Gasteiger partial charge is 0.508 e. The van der Waals surface area contributed by atoms with E-state index in [4.69, 9.17) is 0 Å². The standard InChI is InChI=1S/C17H19N5O2S/c1-9-5-6-12(23)11(3)15(9)20-16(24)13-8-18-17(25-13)19-14-7-10(2)22(4)21-14/h5-8,23H,1-4H3,(H,20,24)(H,18,19,21). The fourth-order valence-electron chi connectivity index (χ4n) is 2.37. The Kier molecular flexibility index (Phi) is 4.45. The van der Waals surface area contributed by atoms with Crippen molar-refractivity contribution in [2.45, 2.75) is 20.8 Å². The highest BCUT2D eigenvalue weighted by molar-refractivity contribution is 7.17. The zero-order valence-electron chi connectivity index (χ0n) is 14.4. The van der Waals surface area contributed by atoms with E-state index in [1.165, 1.54) is 17.5 Å². The number of aromatic nitrogens is 3. The molecule has 0 aliphatic rings. The Morgan fingerprint density at radius 3 is 2.72 bits per heavy atom. The summed E-state index contributed by atoms with van der Waals surface area (Å²) in [5, 5.41) is 20.7. The van der Waals surface area contributed by atoms with Crippen LogP contribution in [0.5, 0.6) is 5.75 Å². The summed E-state index contributed by atoms with van der Waals surface area (Å²) in [6.07, 6.45) is 1.52. The lowest BCUT2D eigenvalue weighted by atomic mass is 10.1. The first-order chi connectivity index (χ1) is 11.8. The maximum Gasteiger partial charge on any atom is 0.267 e. The molecule has 2 heterocycles. The maximum absolute atomic E-state index is 12.5. The van der Waals surface area contributed by atoms with Gasteiger partial charge >= 0.3 is 0 Å². The van der Waals surface area contributed by atoms with Crippen molar-refractivity contribution in [2.24, 2.45) is 7.05 Å². The molecule has 1 aromatic carbocycles. The minimum absolute atomic E-state index is 0.151. The molecule has 25 heavy (non-hydrogen) atoms. The molecule has 8 heteroatoms. The highest BCUT2D eigenvalue weighted by Crippen LogP contribution is 2.29. The molecule has 3 N–H and O–H groups in total. The molecule has 0 fully saturated rings. The Morgan fingerprint density at radius 2 is 2.04 bits per heavy atom. The molecule has 3 rings (SSSR count). The molecule has 0 aliphatic carbocycles. The fraction of sp³-hybridized carbons (Fsp3) is 0.235. The molecule has 0 spiro atoms. The number of aromatic hydroxyl groups is 1. The van der Waals surface area contributed by atoms with Crippen LogP contribution in [0, 0.1) is 20.8 Å². The van der Waals surface area contributed by atoms with Crippen LogP contribution in [0.3, 0.4) is 0 Å². The normalized spacial score (nSPS) is 10.7. The van der Waals surface area contributed by atoms with E-state index in [0.29, 0.717) is 27.1 Å². The van der Waals surface area contributed by atoms with E-state index >= 15 is 0 Å². The quantitative estimate of drug-likeness (QED) is 0.665. The number of aryl methyl sites for hydroxylation is 3. The third kappa shape index (κ3) is 3.48. The number of nitrogens with zero attached hydrogens (tertiary/aromatic N) is 3. The number of phenolic OH excluding ortho intramolecular Hbond substituents is 1. The lowest BCUT2D eigenvalue weighted by Gasteiger charge is -2.11. The van der Waals surface area contributed by atoms with Crippen molar-refractivity contribution in [1.29, 1.82) is 0 Å². The molecule has 0 saturated carbocycles. The van der Waals surface area contributed by atoms with Crippen molar-refractivity contribution in [1.82, 2.24) is 14.8 Å². The summed E-state index contributed by atoms with van der Waals surface area (Å²) < 4.78 is 1.76. The molecule has 0 saturated heterocycles. The summed E-state index contributed by atoms with van der Waals surface area (Å²) >= 11 is 1.24. The SMILES string of the molecule is Cc1ccc(O)c(C)c1NC(=O)c1cnc(Nc2cc(C)n(C)n2)s1. The van der Waals surface area contributed by atoms with E-state index in [1.54, 1.807) is 23.7 Å². The fourth-order valence-corrected chi connectivity index (χ4v) is 3.09. The Hall–Kier alpha value is -2.87. The number of nitrogens with one attached hydrogen (secondary N) is 2. The molecule has 0 aliphatic heterocycles. The average Bonchev–Trinajstić information content (AvgIpc) is 3.15. The van der Waals surface area contributed by atoms with Crippen molar-refractivity contribution >= 4 is 33.9 Å². The number of amides is 1. The van der Waals surface area contributed by atoms with Gasteiger partial charge in [0.15, 0.2) is 10.9 Å². The molecule has 130 valence electrons. The minimum Gasteiger partial charge on any atom is -0.508 e. The van der Waals surface area contributed by atoms with Crippen LogP contribution >= 0.6 is 11.3 Å². The number of anilines is 3. The van der Waals surface area contributed by atoms with Crippen LogP contribution in [0.4, 0.5) is 16.6 Å². The smallest absolute Gasteiger partial charge is 0.267 e. The number of thiazole rings is 1. The van der Waals surface area contributed by atoms with Crippen molar-refractivity contribution in [3.05, 3.63) is 46.1 Å². The molecule has 0 radical (unpaired) electrons. The van der Waals surface area contributed by atoms with Crippen molar-refractivity contribution < 1.29 is 9.90 Å². The van der Waals surface area contributed by atoms with Gasteiger partial charge < -0.3 is 15.7 Å². The second kappa shape index (κ2) is 6.56. The van der Waals surface area contributed by atoms with Crippen molar-refractivity contribution in [2.75, 3.05) is 10.6 Å². The first-order valence-corrected chi connectivity index (χ1v) is 8.51. The van der Waals surface area contributed by atoms with Crippen molar-refractivity contribution in [3.8, 4) is 5.75 Å². The van der Waals surface area contributed by atoms with Gasteiger partial charge in [0.05, 0.1) is 11.9 Å². The molecule has 1 amide bonds. The van der Waals surface area contributed by atoms with E-state index in [2.05, 4.69) is 20.7 Å². The number of benzene rings is 1. The van der Waals surface area contributed by atoms with Gasteiger partial charge in [0, 0.05) is 24.4 Å². The van der Waals surface area contributed by atoms with Crippen molar-refractivity contribution in [3.63, 3.8) is 0 Å². The summed E-state index contributed by atoms with van der Waals surface area (Å²) in [5.74, 6) is 0.568. The first kappa shape index (κ1) is 17.0. The van der Waals surface area contributed by atoms with Gasteiger partial charge in [0.2, 0.25) is 0 Å². The van der Waals surface area contributed by atoms with Gasteiger partial charge in [-0.25, -0.2) is 4.98 Å². The van der Waals surface area contributed by atoms with Gasteiger partial charge in [-0.05, 0) is 32.4 Å². The molecule has 0 atom stereocenters. The highest BCUT2D eigenvalue weighted by Gasteiger charge is 2.15. The molecule has 0 bridgehead atoms. The van der Waals surface area contributed by atoms with Crippen LogP contribution < -0.4 is 10.6 Å². The van der Waals surface area contributed by atoms with Gasteiger partial charge in [0.1, 0.15) is 10.6 Å². The van der Waals surface area contributed by atoms with Gasteiger partial charge in [-0.3, -0.25) is 9.48 Å². The van der Waals surface area contributed by atoms with Crippen LogP contribution in [0.15, 0.2) is 24.4 Å². The summed E-state index contributed by atoms with van der Waals surface area (Å²) in [4.78, 5) is 17.2. The third-order valence-electron chi connectivity index (χ3n) is 3.96. The Labute approximate surface area is 149 Å². The Balaban J connectivity index is 1.76. The minimum atomic E-state index is -0.264. The molecule has 7 nitrogen and oxygen atoms in total. The lowest BCUT2D eigenvalue weighted by molar-refractivity contribution is 0.103. The zero-order chi connectivity index (χ0) is 18.1. The Bertz CT molecular complexity index is 925. The summed E-state index contributed by atoms with van der Waals surface area (Å²) in [5.41, 5.74) is 3.16. The van der Waals surface area contributed by atoms with E-state index in [-0.39, 0.29) is 11.7 Å². The molecular formula is C17H19N5O2S. The molecule has 3 aromatic rings. The predicted molar refractivity (Wildman–Crippen MR) is 98.9 cm³/mol. The van der Waals surface area contributed by atoms with Gasteiger partial charge in [-0.1, -0.05) is 17.4 Å². The van der Waals surface area contributed by atoms with Crippen LogP contribution in [-0.4, -0.2) is 25.8 Å². The second-order valence-electron chi connectivity index (χ2n) is 5.80. The topological polar surface area (TPSA) is 92.1 Å². The van der Waals surface area contributed by atoms with E-state index in [0.717, 1.165) is 11.3 Å². The first-order valence-electron chi connectivity index (χ1n) is 7.69. The monoisotopic (exact) mass is 357 g/mol. The third-order valence-corrected chi connectivity index (χ3v) is 4.87.